The van der Waals surface area contributed by atoms with E-state index in [1.165, 1.54) is 6.08 Å². The minimum atomic E-state index is -3.34. The molecule has 25 heavy (non-hydrogen) atoms. The number of hydrogen-bond donors (Lipinski definition) is 2. The molecule has 1 unspecified atom stereocenters. The monoisotopic (exact) mass is 422 g/mol. The predicted molar refractivity (Wildman–Crippen MR) is 105 cm³/mol. The summed E-state index contributed by atoms with van der Waals surface area (Å²) in [5, 5.41) is 2.86. The molecule has 0 radical (unpaired) electrons. The van der Waals surface area contributed by atoms with E-state index in [1.54, 1.807) is 24.3 Å². The van der Waals surface area contributed by atoms with Gasteiger partial charge in [-0.1, -0.05) is 40.2 Å². The standard InChI is InChI=1S/C18H19BrN2O3S/c1-13(15-4-3-5-17(12-15)21-25(2,23)24)20-18(22)11-8-14-6-9-16(19)10-7-14/h3-13,21H,1-2H3,(H,20,22)/b11-8+. The Hall–Kier alpha value is -2.12. The van der Waals surface area contributed by atoms with Gasteiger partial charge in [-0.3, -0.25) is 9.52 Å². The van der Waals surface area contributed by atoms with E-state index >= 15 is 0 Å². The normalized spacial score (nSPS) is 12.8. The van der Waals surface area contributed by atoms with Crippen LogP contribution in [0.5, 0.6) is 0 Å². The fraction of sp³-hybridized carbons (Fsp3) is 0.167. The Labute approximate surface area is 156 Å². The average molecular weight is 423 g/mol. The van der Waals surface area contributed by atoms with Crippen LogP contribution in [0.4, 0.5) is 5.69 Å². The van der Waals surface area contributed by atoms with Crippen molar-refractivity contribution in [3.8, 4) is 0 Å². The molecule has 132 valence electrons. The molecule has 2 aromatic rings. The Balaban J connectivity index is 2.01. The van der Waals surface area contributed by atoms with E-state index in [0.717, 1.165) is 21.9 Å². The lowest BCUT2D eigenvalue weighted by molar-refractivity contribution is -0.117. The quantitative estimate of drug-likeness (QED) is 0.696. The number of rotatable bonds is 6. The third kappa shape index (κ3) is 6.72. The fourth-order valence-electron chi connectivity index (χ4n) is 2.18. The molecule has 0 spiro atoms. The molecule has 0 heterocycles. The molecule has 0 bridgehead atoms. The Bertz CT molecular complexity index is 877. The molecule has 7 heteroatoms. The molecule has 5 nitrogen and oxygen atoms in total. The number of carbonyl (C=O) groups is 1. The highest BCUT2D eigenvalue weighted by atomic mass is 79.9. The van der Waals surface area contributed by atoms with E-state index in [4.69, 9.17) is 0 Å². The number of sulfonamides is 1. The topological polar surface area (TPSA) is 75.3 Å². The largest absolute Gasteiger partial charge is 0.346 e. The van der Waals surface area contributed by atoms with Gasteiger partial charge in [0, 0.05) is 16.2 Å². The van der Waals surface area contributed by atoms with Gasteiger partial charge in [0.2, 0.25) is 15.9 Å². The highest BCUT2D eigenvalue weighted by Crippen LogP contribution is 2.18. The van der Waals surface area contributed by atoms with Gasteiger partial charge in [-0.05, 0) is 48.4 Å². The summed E-state index contributed by atoms with van der Waals surface area (Å²) in [6, 6.07) is 14.3. The van der Waals surface area contributed by atoms with Crippen molar-refractivity contribution in [3.05, 3.63) is 70.2 Å². The lowest BCUT2D eigenvalue weighted by Crippen LogP contribution is -2.24. The summed E-state index contributed by atoms with van der Waals surface area (Å²) < 4.78 is 26.0. The molecule has 0 aromatic heterocycles. The highest BCUT2D eigenvalue weighted by molar-refractivity contribution is 9.10. The van der Waals surface area contributed by atoms with Gasteiger partial charge in [0.25, 0.3) is 0 Å². The molecule has 0 saturated carbocycles. The summed E-state index contributed by atoms with van der Waals surface area (Å²) in [7, 11) is -3.34. The van der Waals surface area contributed by atoms with Crippen LogP contribution in [0.3, 0.4) is 0 Å². The number of anilines is 1. The van der Waals surface area contributed by atoms with Gasteiger partial charge in [-0.25, -0.2) is 8.42 Å². The molecule has 2 rings (SSSR count). The zero-order chi connectivity index (χ0) is 18.4. The molecule has 0 aliphatic carbocycles. The van der Waals surface area contributed by atoms with Crippen LogP contribution < -0.4 is 10.0 Å². The van der Waals surface area contributed by atoms with Crippen LogP contribution in [0.2, 0.25) is 0 Å². The van der Waals surface area contributed by atoms with Crippen LogP contribution in [-0.2, 0) is 14.8 Å². The SMILES string of the molecule is CC(NC(=O)/C=C/c1ccc(Br)cc1)c1cccc(NS(C)(=O)=O)c1. The number of nitrogens with one attached hydrogen (secondary N) is 2. The van der Waals surface area contributed by atoms with Gasteiger partial charge < -0.3 is 5.32 Å². The van der Waals surface area contributed by atoms with Crippen LogP contribution in [0, 0.1) is 0 Å². The number of hydrogen-bond acceptors (Lipinski definition) is 3. The van der Waals surface area contributed by atoms with Crippen LogP contribution >= 0.6 is 15.9 Å². The van der Waals surface area contributed by atoms with Crippen molar-refractivity contribution in [2.24, 2.45) is 0 Å². The summed E-state index contributed by atoms with van der Waals surface area (Å²) in [6.07, 6.45) is 4.30. The maximum absolute atomic E-state index is 12.1. The molecule has 0 saturated heterocycles. The number of benzene rings is 2. The van der Waals surface area contributed by atoms with Crippen LogP contribution in [0.1, 0.15) is 24.1 Å². The summed E-state index contributed by atoms with van der Waals surface area (Å²) >= 11 is 3.36. The molecule has 1 amide bonds. The lowest BCUT2D eigenvalue weighted by Gasteiger charge is -2.14. The van der Waals surface area contributed by atoms with E-state index in [-0.39, 0.29) is 11.9 Å². The van der Waals surface area contributed by atoms with Crippen molar-refractivity contribution < 1.29 is 13.2 Å². The second kappa shape index (κ2) is 8.31. The number of carbonyl (C=O) groups excluding carboxylic acids is 1. The van der Waals surface area contributed by atoms with Crippen LogP contribution in [-0.4, -0.2) is 20.6 Å². The summed E-state index contributed by atoms with van der Waals surface area (Å²) in [4.78, 5) is 12.1. The van der Waals surface area contributed by atoms with Crippen molar-refractivity contribution in [1.82, 2.24) is 5.32 Å². The van der Waals surface area contributed by atoms with Gasteiger partial charge in [-0.2, -0.15) is 0 Å². The molecule has 1 atom stereocenters. The molecular formula is C18H19BrN2O3S. The van der Waals surface area contributed by atoms with E-state index < -0.39 is 10.0 Å². The Morgan fingerprint density at radius 3 is 2.48 bits per heavy atom. The highest BCUT2D eigenvalue weighted by Gasteiger charge is 2.09. The van der Waals surface area contributed by atoms with Gasteiger partial charge in [0.1, 0.15) is 0 Å². The van der Waals surface area contributed by atoms with E-state index in [2.05, 4.69) is 26.0 Å². The van der Waals surface area contributed by atoms with Gasteiger partial charge in [0.15, 0.2) is 0 Å². The third-order valence-electron chi connectivity index (χ3n) is 3.35. The maximum Gasteiger partial charge on any atom is 0.244 e. The van der Waals surface area contributed by atoms with E-state index in [0.29, 0.717) is 5.69 Å². The Morgan fingerprint density at radius 1 is 1.16 bits per heavy atom. The molecular weight excluding hydrogens is 404 g/mol. The van der Waals surface area contributed by atoms with Gasteiger partial charge >= 0.3 is 0 Å². The predicted octanol–water partition coefficient (Wildman–Crippen LogP) is 3.71. The lowest BCUT2D eigenvalue weighted by atomic mass is 10.1. The summed E-state index contributed by atoms with van der Waals surface area (Å²) in [5.74, 6) is -0.225. The van der Waals surface area contributed by atoms with Crippen molar-refractivity contribution in [2.45, 2.75) is 13.0 Å². The second-order valence-corrected chi connectivity index (χ2v) is 8.28. The van der Waals surface area contributed by atoms with Crippen LogP contribution in [0.15, 0.2) is 59.1 Å². The molecule has 2 N–H and O–H groups in total. The molecule has 0 fully saturated rings. The molecule has 0 aliphatic rings. The fourth-order valence-corrected chi connectivity index (χ4v) is 3.00. The van der Waals surface area contributed by atoms with Gasteiger partial charge in [-0.15, -0.1) is 0 Å². The smallest absolute Gasteiger partial charge is 0.244 e. The first-order valence-electron chi connectivity index (χ1n) is 7.55. The van der Waals surface area contributed by atoms with Crippen molar-refractivity contribution in [1.29, 1.82) is 0 Å². The first kappa shape index (κ1) is 19.2. The number of amides is 1. The zero-order valence-corrected chi connectivity index (χ0v) is 16.3. The van der Waals surface area contributed by atoms with E-state index in [1.807, 2.05) is 37.3 Å². The van der Waals surface area contributed by atoms with Crippen molar-refractivity contribution in [2.75, 3.05) is 11.0 Å². The average Bonchev–Trinajstić information content (AvgIpc) is 2.53. The zero-order valence-electron chi connectivity index (χ0n) is 13.9. The van der Waals surface area contributed by atoms with E-state index in [9.17, 15) is 13.2 Å². The minimum Gasteiger partial charge on any atom is -0.346 e. The summed E-state index contributed by atoms with van der Waals surface area (Å²) in [5.41, 5.74) is 2.19. The Kier molecular flexibility index (Phi) is 6.39. The van der Waals surface area contributed by atoms with Crippen molar-refractivity contribution >= 4 is 43.6 Å². The molecule has 0 aliphatic heterocycles. The van der Waals surface area contributed by atoms with Crippen molar-refractivity contribution in [3.63, 3.8) is 0 Å². The van der Waals surface area contributed by atoms with Crippen LogP contribution in [0.25, 0.3) is 6.08 Å². The minimum absolute atomic E-state index is 0.225. The third-order valence-corrected chi connectivity index (χ3v) is 4.48. The second-order valence-electron chi connectivity index (χ2n) is 5.61. The Morgan fingerprint density at radius 2 is 1.84 bits per heavy atom. The van der Waals surface area contributed by atoms with Gasteiger partial charge in [0.05, 0.1) is 12.3 Å². The first-order valence-corrected chi connectivity index (χ1v) is 10.2. The first-order chi connectivity index (χ1) is 11.7. The number of halogens is 1. The molecule has 2 aromatic carbocycles. The maximum atomic E-state index is 12.1. The summed E-state index contributed by atoms with van der Waals surface area (Å²) in [6.45, 7) is 1.84.